The lowest BCUT2D eigenvalue weighted by molar-refractivity contribution is -0.143. The average Bonchev–Trinajstić information content (AvgIpc) is 2.91. The Kier molecular flexibility index (Phi) is 12.7. The van der Waals surface area contributed by atoms with Gasteiger partial charge in [-0.2, -0.15) is 38.1 Å². The van der Waals surface area contributed by atoms with Gasteiger partial charge in [-0.25, -0.2) is 0 Å². The van der Waals surface area contributed by atoms with Crippen molar-refractivity contribution in [2.24, 2.45) is 0 Å². The number of alkyl halides is 6. The van der Waals surface area contributed by atoms with Gasteiger partial charge >= 0.3 is 12.4 Å². The van der Waals surface area contributed by atoms with E-state index < -0.39 is 40.9 Å². The normalized spacial score (nSPS) is 17.3. The topological polar surface area (TPSA) is 64.1 Å². The molecule has 1 N–H and O–H groups in total. The molecule has 6 nitrogen and oxygen atoms in total. The first kappa shape index (κ1) is 36.3. The largest absolute Gasteiger partial charge is 0.481 e. The van der Waals surface area contributed by atoms with Gasteiger partial charge in [0.25, 0.3) is 11.9 Å². The lowest BCUT2D eigenvalue weighted by Gasteiger charge is -2.47. The minimum atomic E-state index is -5.04. The highest BCUT2D eigenvalue weighted by Gasteiger charge is 2.38. The Balaban J connectivity index is 0.00000124. The third kappa shape index (κ3) is 10.4. The predicted molar refractivity (Wildman–Crippen MR) is 160 cm³/mol. The number of thioether (sulfide) groups is 1. The first-order valence-corrected chi connectivity index (χ1v) is 15.6. The molecule has 0 unspecified atom stereocenters. The SMILES string of the molecule is CC(=O)O.CN(C[C@@H](CCN1CC(N2CCSCC2)C1)c1ccc(Cl)c(Cl)c1)C(=O)c1cc(C(F)(F)F)cc(C(F)(F)F)c1. The summed E-state index contributed by atoms with van der Waals surface area (Å²) < 4.78 is 80.0. The zero-order chi connectivity index (χ0) is 32.8. The first-order valence-electron chi connectivity index (χ1n) is 13.7. The van der Waals surface area contributed by atoms with Gasteiger partial charge in [-0.15, -0.1) is 0 Å². The highest BCUT2D eigenvalue weighted by molar-refractivity contribution is 7.99. The van der Waals surface area contributed by atoms with E-state index >= 15 is 0 Å². The molecule has 244 valence electrons. The molecule has 2 aliphatic heterocycles. The van der Waals surface area contributed by atoms with Gasteiger partial charge in [0.2, 0.25) is 0 Å². The molecule has 0 aromatic heterocycles. The van der Waals surface area contributed by atoms with Crippen LogP contribution in [-0.2, 0) is 17.1 Å². The van der Waals surface area contributed by atoms with Crippen molar-refractivity contribution in [3.63, 3.8) is 0 Å². The molecular formula is C29H33Cl2F6N3O3S. The second-order valence-electron chi connectivity index (χ2n) is 10.7. The summed E-state index contributed by atoms with van der Waals surface area (Å²) in [5.41, 5.74) is -2.96. The fourth-order valence-corrected chi connectivity index (χ4v) is 6.32. The minimum absolute atomic E-state index is 0.0123. The van der Waals surface area contributed by atoms with Crippen LogP contribution in [0.5, 0.6) is 0 Å². The predicted octanol–water partition coefficient (Wildman–Crippen LogP) is 7.10. The summed E-state index contributed by atoms with van der Waals surface area (Å²) in [6, 6.07) is 6.53. The number of likely N-dealkylation sites (tertiary alicyclic amines) is 1. The summed E-state index contributed by atoms with van der Waals surface area (Å²) in [6.45, 7) is 5.87. The van der Waals surface area contributed by atoms with E-state index in [1.165, 1.54) is 7.05 Å². The Morgan fingerprint density at radius 1 is 0.977 bits per heavy atom. The Morgan fingerprint density at radius 2 is 1.52 bits per heavy atom. The van der Waals surface area contributed by atoms with Gasteiger partial charge in [-0.1, -0.05) is 29.3 Å². The third-order valence-electron chi connectivity index (χ3n) is 7.38. The molecule has 2 fully saturated rings. The maximum Gasteiger partial charge on any atom is 0.416 e. The van der Waals surface area contributed by atoms with Gasteiger partial charge in [0.05, 0.1) is 21.2 Å². The summed E-state index contributed by atoms with van der Waals surface area (Å²) in [7, 11) is 1.37. The van der Waals surface area contributed by atoms with Crippen LogP contribution in [0.3, 0.4) is 0 Å². The lowest BCUT2D eigenvalue weighted by Crippen LogP contribution is -2.61. The summed E-state index contributed by atoms with van der Waals surface area (Å²) in [5, 5.41) is 8.08. The summed E-state index contributed by atoms with van der Waals surface area (Å²) in [4.78, 5) is 28.1. The molecule has 2 aromatic carbocycles. The molecule has 2 heterocycles. The molecule has 44 heavy (non-hydrogen) atoms. The summed E-state index contributed by atoms with van der Waals surface area (Å²) >= 11 is 14.3. The smallest absolute Gasteiger partial charge is 0.416 e. The monoisotopic (exact) mass is 687 g/mol. The first-order chi connectivity index (χ1) is 20.5. The number of rotatable bonds is 8. The van der Waals surface area contributed by atoms with Crippen LogP contribution in [0.2, 0.25) is 10.0 Å². The van der Waals surface area contributed by atoms with Gasteiger partial charge in [0.1, 0.15) is 0 Å². The zero-order valence-corrected chi connectivity index (χ0v) is 26.3. The van der Waals surface area contributed by atoms with Gasteiger partial charge in [-0.3, -0.25) is 14.5 Å². The Hall–Kier alpha value is -2.19. The van der Waals surface area contributed by atoms with E-state index in [9.17, 15) is 31.1 Å². The maximum atomic E-state index is 13.3. The molecule has 4 rings (SSSR count). The number of amides is 1. The average molecular weight is 689 g/mol. The summed E-state index contributed by atoms with van der Waals surface area (Å²) in [5.74, 6) is 0.217. The van der Waals surface area contributed by atoms with E-state index in [0.29, 0.717) is 41.2 Å². The molecule has 0 radical (unpaired) electrons. The van der Waals surface area contributed by atoms with Crippen LogP contribution in [0.25, 0.3) is 0 Å². The number of carboxylic acid groups (broad SMARTS) is 1. The Morgan fingerprint density at radius 3 is 2.02 bits per heavy atom. The fourth-order valence-electron chi connectivity index (χ4n) is 5.08. The number of hydrogen-bond acceptors (Lipinski definition) is 5. The van der Waals surface area contributed by atoms with Crippen LogP contribution < -0.4 is 0 Å². The second kappa shape index (κ2) is 15.4. The number of likely N-dealkylation sites (N-methyl/N-ethyl adjacent to an activating group) is 1. The molecule has 0 aliphatic carbocycles. The van der Waals surface area contributed by atoms with Crippen LogP contribution >= 0.6 is 35.0 Å². The number of aliphatic carboxylic acids is 1. The Labute approximate surface area is 266 Å². The van der Waals surface area contributed by atoms with Crippen molar-refractivity contribution in [3.8, 4) is 0 Å². The van der Waals surface area contributed by atoms with Crippen molar-refractivity contribution >= 4 is 46.8 Å². The Bertz CT molecular complexity index is 1270. The molecule has 0 saturated carbocycles. The van der Waals surface area contributed by atoms with Crippen LogP contribution in [0, 0.1) is 0 Å². The van der Waals surface area contributed by atoms with Crippen molar-refractivity contribution in [3.05, 3.63) is 68.7 Å². The number of hydrogen-bond donors (Lipinski definition) is 1. The zero-order valence-electron chi connectivity index (χ0n) is 24.0. The third-order valence-corrected chi connectivity index (χ3v) is 9.07. The number of halogens is 8. The van der Waals surface area contributed by atoms with Crippen LogP contribution in [-0.4, -0.2) is 95.5 Å². The maximum absolute atomic E-state index is 13.3. The van der Waals surface area contributed by atoms with E-state index in [2.05, 4.69) is 9.80 Å². The van der Waals surface area contributed by atoms with E-state index in [1.807, 2.05) is 11.8 Å². The van der Waals surface area contributed by atoms with Crippen molar-refractivity contribution in [1.29, 1.82) is 0 Å². The highest BCUT2D eigenvalue weighted by Crippen LogP contribution is 2.37. The van der Waals surface area contributed by atoms with Crippen molar-refractivity contribution < 1.29 is 41.0 Å². The molecule has 0 spiro atoms. The second-order valence-corrected chi connectivity index (χ2v) is 12.8. The van der Waals surface area contributed by atoms with E-state index in [1.54, 1.807) is 18.2 Å². The standard InChI is InChI=1S/C27H29Cl2F6N3OS.C2H4O2/c1-36(25(39)19-10-20(26(30,31)32)13-21(11-19)27(33,34)35)14-18(17-2-3-23(28)24(29)12-17)4-5-37-15-22(16-37)38-6-8-40-9-7-38;1-2(3)4/h2-3,10-13,18,22H,4-9,14-16H2,1H3;1H3,(H,3,4)/t18-;/m1./s1. The fraction of sp³-hybridized carbons (Fsp3) is 0.517. The number of carbonyl (C=O) groups is 2. The van der Waals surface area contributed by atoms with Crippen LogP contribution in [0.1, 0.15) is 46.3 Å². The lowest BCUT2D eigenvalue weighted by atomic mass is 9.93. The van der Waals surface area contributed by atoms with Crippen LogP contribution in [0.15, 0.2) is 36.4 Å². The number of nitrogens with zero attached hydrogens (tertiary/aromatic N) is 3. The molecule has 2 saturated heterocycles. The van der Waals surface area contributed by atoms with E-state index in [-0.39, 0.29) is 18.5 Å². The van der Waals surface area contributed by atoms with Crippen molar-refractivity contribution in [1.82, 2.24) is 14.7 Å². The molecule has 1 amide bonds. The van der Waals surface area contributed by atoms with Crippen molar-refractivity contribution in [2.45, 2.75) is 37.7 Å². The summed E-state index contributed by atoms with van der Waals surface area (Å²) in [6.07, 6.45) is -9.48. The quantitative estimate of drug-likeness (QED) is 0.299. The molecule has 15 heteroatoms. The van der Waals surface area contributed by atoms with E-state index in [0.717, 1.165) is 55.1 Å². The van der Waals surface area contributed by atoms with E-state index in [4.69, 9.17) is 33.1 Å². The highest BCUT2D eigenvalue weighted by atomic mass is 35.5. The van der Waals surface area contributed by atoms with Gasteiger partial charge < -0.3 is 14.9 Å². The van der Waals surface area contributed by atoms with Gasteiger partial charge in [0, 0.05) is 75.7 Å². The number of carbonyl (C=O) groups excluding carboxylic acids is 1. The van der Waals surface area contributed by atoms with Crippen molar-refractivity contribution in [2.75, 3.05) is 57.8 Å². The molecule has 2 aliphatic rings. The molecule has 1 atom stereocenters. The van der Waals surface area contributed by atoms with Gasteiger partial charge in [-0.05, 0) is 48.9 Å². The minimum Gasteiger partial charge on any atom is -0.481 e. The van der Waals surface area contributed by atoms with Crippen LogP contribution in [0.4, 0.5) is 26.3 Å². The molecule has 2 aromatic rings. The molecular weight excluding hydrogens is 655 g/mol. The molecule has 0 bridgehead atoms. The number of carboxylic acids is 1. The number of benzene rings is 2. The van der Waals surface area contributed by atoms with Gasteiger partial charge in [0.15, 0.2) is 0 Å².